The van der Waals surface area contributed by atoms with Gasteiger partial charge in [0.15, 0.2) is 6.23 Å². The number of hydrazine groups is 1. The van der Waals surface area contributed by atoms with Crippen molar-refractivity contribution < 1.29 is 9.53 Å². The molecular weight excluding hydrogens is 240 g/mol. The number of rotatable bonds is 3. The molecule has 1 aliphatic rings. The van der Waals surface area contributed by atoms with Gasteiger partial charge in [0.1, 0.15) is 0 Å². The summed E-state index contributed by atoms with van der Waals surface area (Å²) in [6.07, 6.45) is 0.759. The van der Waals surface area contributed by atoms with Gasteiger partial charge in [0.05, 0.1) is 17.8 Å². The average Bonchev–Trinajstić information content (AvgIpc) is 2.66. The summed E-state index contributed by atoms with van der Waals surface area (Å²) in [5.74, 6) is 0.0128. The number of hydrogen-bond donors (Lipinski definition) is 0. The van der Waals surface area contributed by atoms with Gasteiger partial charge in [0, 0.05) is 13.3 Å². The van der Waals surface area contributed by atoms with E-state index in [1.165, 1.54) is 0 Å². The number of benzene rings is 1. The number of nitrogens with zero attached hydrogens (tertiary/aromatic N) is 2. The van der Waals surface area contributed by atoms with E-state index >= 15 is 0 Å². The molecule has 4 heteroatoms. The van der Waals surface area contributed by atoms with E-state index in [9.17, 15) is 4.79 Å². The third-order valence-electron chi connectivity index (χ3n) is 3.24. The van der Waals surface area contributed by atoms with Crippen molar-refractivity contribution in [1.82, 2.24) is 5.01 Å². The summed E-state index contributed by atoms with van der Waals surface area (Å²) in [5.41, 5.74) is 1.03. The van der Waals surface area contributed by atoms with E-state index in [-0.39, 0.29) is 24.3 Å². The number of para-hydroxylation sites is 1. The van der Waals surface area contributed by atoms with Crippen LogP contribution in [-0.4, -0.2) is 29.3 Å². The average molecular weight is 262 g/mol. The predicted octanol–water partition coefficient (Wildman–Crippen LogP) is 2.80. The summed E-state index contributed by atoms with van der Waals surface area (Å²) in [4.78, 5) is 12.0. The zero-order valence-electron chi connectivity index (χ0n) is 12.0. The highest BCUT2D eigenvalue weighted by atomic mass is 16.5. The van der Waals surface area contributed by atoms with Crippen molar-refractivity contribution in [3.05, 3.63) is 30.3 Å². The third kappa shape index (κ3) is 2.89. The fraction of sp³-hybridized carbons (Fsp3) is 0.533. The molecule has 1 heterocycles. The summed E-state index contributed by atoms with van der Waals surface area (Å²) in [6.45, 7) is 7.69. The Morgan fingerprint density at radius 2 is 1.95 bits per heavy atom. The number of hydrogen-bond acceptors (Lipinski definition) is 3. The van der Waals surface area contributed by atoms with E-state index < -0.39 is 0 Å². The first-order valence-corrected chi connectivity index (χ1v) is 6.80. The minimum Gasteiger partial charge on any atom is -0.354 e. The maximum Gasteiger partial charge on any atom is 0.240 e. The van der Waals surface area contributed by atoms with Crippen molar-refractivity contribution in [3.63, 3.8) is 0 Å². The minimum atomic E-state index is -0.173. The summed E-state index contributed by atoms with van der Waals surface area (Å²) < 4.78 is 5.87. The SMILES string of the molecule is CC(=O)N1C(OC(C)C)CC(C)N1c1ccccc1. The van der Waals surface area contributed by atoms with Gasteiger partial charge in [-0.15, -0.1) is 0 Å². The molecule has 0 spiro atoms. The smallest absolute Gasteiger partial charge is 0.240 e. The Balaban J connectivity index is 2.29. The molecule has 2 atom stereocenters. The molecule has 0 radical (unpaired) electrons. The third-order valence-corrected chi connectivity index (χ3v) is 3.24. The zero-order chi connectivity index (χ0) is 14.0. The number of carbonyl (C=O) groups excluding carboxylic acids is 1. The van der Waals surface area contributed by atoms with Gasteiger partial charge >= 0.3 is 0 Å². The van der Waals surface area contributed by atoms with E-state index in [1.807, 2.05) is 49.2 Å². The molecule has 4 nitrogen and oxygen atoms in total. The van der Waals surface area contributed by atoms with Gasteiger partial charge in [-0.1, -0.05) is 18.2 Å². The quantitative estimate of drug-likeness (QED) is 0.839. The molecule has 1 aromatic rings. The van der Waals surface area contributed by atoms with Crippen LogP contribution in [0.15, 0.2) is 30.3 Å². The molecule has 0 N–H and O–H groups in total. The van der Waals surface area contributed by atoms with E-state index in [2.05, 4.69) is 6.92 Å². The Kier molecular flexibility index (Phi) is 4.10. The molecule has 1 amide bonds. The maximum atomic E-state index is 12.0. The van der Waals surface area contributed by atoms with Crippen LogP contribution in [0.5, 0.6) is 0 Å². The first-order chi connectivity index (χ1) is 9.00. The highest BCUT2D eigenvalue weighted by Gasteiger charge is 2.40. The van der Waals surface area contributed by atoms with Crippen molar-refractivity contribution in [1.29, 1.82) is 0 Å². The molecule has 0 aromatic heterocycles. The Morgan fingerprint density at radius 1 is 1.32 bits per heavy atom. The molecule has 1 aliphatic heterocycles. The van der Waals surface area contributed by atoms with Gasteiger partial charge in [-0.3, -0.25) is 9.80 Å². The van der Waals surface area contributed by atoms with Gasteiger partial charge in [-0.25, -0.2) is 5.01 Å². The summed E-state index contributed by atoms with van der Waals surface area (Å²) in [6, 6.07) is 10.2. The Labute approximate surface area is 114 Å². The van der Waals surface area contributed by atoms with Crippen LogP contribution in [0.3, 0.4) is 0 Å². The van der Waals surface area contributed by atoms with Crippen molar-refractivity contribution in [2.24, 2.45) is 0 Å². The van der Waals surface area contributed by atoms with E-state index in [4.69, 9.17) is 4.74 Å². The lowest BCUT2D eigenvalue weighted by Crippen LogP contribution is -2.47. The predicted molar refractivity (Wildman–Crippen MR) is 75.5 cm³/mol. The lowest BCUT2D eigenvalue weighted by Gasteiger charge is -2.34. The Hall–Kier alpha value is -1.55. The number of amides is 1. The lowest BCUT2D eigenvalue weighted by molar-refractivity contribution is -0.144. The Morgan fingerprint density at radius 3 is 2.47 bits per heavy atom. The summed E-state index contributed by atoms with van der Waals surface area (Å²) in [7, 11) is 0. The molecule has 2 rings (SSSR count). The van der Waals surface area contributed by atoms with Crippen LogP contribution < -0.4 is 5.01 Å². The second kappa shape index (κ2) is 5.61. The zero-order valence-corrected chi connectivity index (χ0v) is 12.0. The standard InChI is InChI=1S/C15H22N2O2/c1-11(2)19-15-10-12(3)16(17(15)13(4)18)14-8-6-5-7-9-14/h5-9,11-12,15H,10H2,1-4H3. The largest absolute Gasteiger partial charge is 0.354 e. The van der Waals surface area contributed by atoms with Gasteiger partial charge in [-0.05, 0) is 32.9 Å². The topological polar surface area (TPSA) is 32.8 Å². The van der Waals surface area contributed by atoms with Gasteiger partial charge < -0.3 is 4.74 Å². The molecule has 104 valence electrons. The van der Waals surface area contributed by atoms with Crippen LogP contribution in [0.2, 0.25) is 0 Å². The van der Waals surface area contributed by atoms with Gasteiger partial charge in [0.25, 0.3) is 0 Å². The van der Waals surface area contributed by atoms with Crippen LogP contribution >= 0.6 is 0 Å². The van der Waals surface area contributed by atoms with Gasteiger partial charge in [0.2, 0.25) is 5.91 Å². The number of carbonyl (C=O) groups is 1. The number of ether oxygens (including phenoxy) is 1. The fourth-order valence-corrected chi connectivity index (χ4v) is 2.58. The second-order valence-electron chi connectivity index (χ2n) is 5.27. The summed E-state index contributed by atoms with van der Waals surface area (Å²) >= 11 is 0. The van der Waals surface area contributed by atoms with E-state index in [0.29, 0.717) is 0 Å². The molecular formula is C15H22N2O2. The normalized spacial score (nSPS) is 23.2. The van der Waals surface area contributed by atoms with Crippen molar-refractivity contribution >= 4 is 11.6 Å². The molecule has 2 unspecified atom stereocenters. The van der Waals surface area contributed by atoms with Crippen LogP contribution in [0.1, 0.15) is 34.1 Å². The highest BCUT2D eigenvalue weighted by molar-refractivity contribution is 5.76. The lowest BCUT2D eigenvalue weighted by atomic mass is 10.2. The van der Waals surface area contributed by atoms with Crippen LogP contribution in [-0.2, 0) is 9.53 Å². The highest BCUT2D eigenvalue weighted by Crippen LogP contribution is 2.31. The fourth-order valence-electron chi connectivity index (χ4n) is 2.58. The van der Waals surface area contributed by atoms with E-state index in [1.54, 1.807) is 11.9 Å². The van der Waals surface area contributed by atoms with Crippen LogP contribution in [0.25, 0.3) is 0 Å². The molecule has 0 bridgehead atoms. The second-order valence-corrected chi connectivity index (χ2v) is 5.27. The van der Waals surface area contributed by atoms with Crippen molar-refractivity contribution in [2.45, 2.75) is 52.5 Å². The van der Waals surface area contributed by atoms with Gasteiger partial charge in [-0.2, -0.15) is 0 Å². The molecule has 0 aliphatic carbocycles. The molecule has 0 saturated carbocycles. The number of anilines is 1. The molecule has 19 heavy (non-hydrogen) atoms. The first kappa shape index (κ1) is 13.9. The van der Waals surface area contributed by atoms with E-state index in [0.717, 1.165) is 12.1 Å². The van der Waals surface area contributed by atoms with Crippen LogP contribution in [0, 0.1) is 0 Å². The van der Waals surface area contributed by atoms with Crippen molar-refractivity contribution in [3.8, 4) is 0 Å². The summed E-state index contributed by atoms with van der Waals surface area (Å²) in [5, 5.41) is 3.77. The maximum absolute atomic E-state index is 12.0. The van der Waals surface area contributed by atoms with Crippen molar-refractivity contribution in [2.75, 3.05) is 5.01 Å². The molecule has 1 fully saturated rings. The Bertz CT molecular complexity index is 433. The molecule has 1 saturated heterocycles. The monoisotopic (exact) mass is 262 g/mol. The first-order valence-electron chi connectivity index (χ1n) is 6.80. The van der Waals surface area contributed by atoms with Crippen LogP contribution in [0.4, 0.5) is 5.69 Å². The minimum absolute atomic E-state index is 0.0128. The molecule has 1 aromatic carbocycles.